The number of aldehydes is 1. The van der Waals surface area contributed by atoms with Gasteiger partial charge in [0.1, 0.15) is 6.29 Å². The van der Waals surface area contributed by atoms with Crippen LogP contribution in [0.15, 0.2) is 0 Å². The second-order valence-electron chi connectivity index (χ2n) is 4.73. The molecule has 88 valence electrons. The van der Waals surface area contributed by atoms with E-state index < -0.39 is 11.4 Å². The molecule has 0 saturated heterocycles. The molecule has 0 aliphatic rings. The van der Waals surface area contributed by atoms with Crippen LogP contribution in [0, 0.1) is 11.3 Å². The zero-order valence-corrected chi connectivity index (χ0v) is 9.95. The van der Waals surface area contributed by atoms with Gasteiger partial charge in [-0.1, -0.05) is 19.8 Å². The number of hydrogen-bond acceptors (Lipinski definition) is 2. The number of carboxylic acids is 1. The minimum atomic E-state index is -0.733. The maximum atomic E-state index is 11.0. The number of unbranched alkanes of at least 4 members (excludes halogenated alkanes) is 3. The molecule has 0 bridgehead atoms. The van der Waals surface area contributed by atoms with E-state index in [1.165, 1.54) is 0 Å². The summed E-state index contributed by atoms with van der Waals surface area (Å²) in [5.74, 6) is -0.561. The quantitative estimate of drug-likeness (QED) is 0.499. The molecule has 0 spiro atoms. The van der Waals surface area contributed by atoms with E-state index in [9.17, 15) is 9.59 Å². The topological polar surface area (TPSA) is 54.4 Å². The first-order valence-corrected chi connectivity index (χ1v) is 5.60. The van der Waals surface area contributed by atoms with Gasteiger partial charge in [0.05, 0.1) is 5.41 Å². The fraction of sp³-hybridized carbons (Fsp3) is 0.833. The van der Waals surface area contributed by atoms with Crippen LogP contribution in [-0.2, 0) is 9.59 Å². The Morgan fingerprint density at radius 2 is 1.93 bits per heavy atom. The van der Waals surface area contributed by atoms with Crippen LogP contribution in [0.3, 0.4) is 0 Å². The molecule has 0 heterocycles. The van der Waals surface area contributed by atoms with E-state index >= 15 is 0 Å². The highest BCUT2D eigenvalue weighted by Crippen LogP contribution is 2.30. The Balaban J connectivity index is 3.78. The molecular weight excluding hydrogens is 192 g/mol. The van der Waals surface area contributed by atoms with E-state index in [0.29, 0.717) is 6.42 Å². The Bertz CT molecular complexity index is 209. The van der Waals surface area contributed by atoms with Gasteiger partial charge >= 0.3 is 5.97 Å². The summed E-state index contributed by atoms with van der Waals surface area (Å²) in [6.45, 7) is 5.52. The zero-order chi connectivity index (χ0) is 11.9. The highest BCUT2D eigenvalue weighted by Gasteiger charge is 2.32. The molecule has 0 aliphatic heterocycles. The predicted molar refractivity (Wildman–Crippen MR) is 59.7 cm³/mol. The molecule has 0 saturated carbocycles. The summed E-state index contributed by atoms with van der Waals surface area (Å²) in [6, 6.07) is 0. The van der Waals surface area contributed by atoms with Crippen LogP contribution in [0.4, 0.5) is 0 Å². The van der Waals surface area contributed by atoms with Crippen molar-refractivity contribution in [2.45, 2.75) is 52.9 Å². The summed E-state index contributed by atoms with van der Waals surface area (Å²) < 4.78 is 0. The van der Waals surface area contributed by atoms with Gasteiger partial charge in [0.15, 0.2) is 0 Å². The standard InChI is InChI=1S/C12H22O3/c1-10(12(2,3)11(14)15)8-6-4-5-7-9-13/h9-10H,4-8H2,1-3H3,(H,14,15). The van der Waals surface area contributed by atoms with Crippen molar-refractivity contribution < 1.29 is 14.7 Å². The van der Waals surface area contributed by atoms with Crippen molar-refractivity contribution in [2.24, 2.45) is 11.3 Å². The van der Waals surface area contributed by atoms with Gasteiger partial charge in [0.2, 0.25) is 0 Å². The van der Waals surface area contributed by atoms with E-state index in [0.717, 1.165) is 32.0 Å². The molecule has 0 aromatic heterocycles. The van der Waals surface area contributed by atoms with Crippen molar-refractivity contribution in [1.29, 1.82) is 0 Å². The van der Waals surface area contributed by atoms with Crippen molar-refractivity contribution in [1.82, 2.24) is 0 Å². The van der Waals surface area contributed by atoms with Crippen LogP contribution in [0.25, 0.3) is 0 Å². The van der Waals surface area contributed by atoms with Crippen molar-refractivity contribution in [3.05, 3.63) is 0 Å². The molecule has 0 aromatic rings. The SMILES string of the molecule is CC(CCCCCC=O)C(C)(C)C(=O)O. The first-order valence-electron chi connectivity index (χ1n) is 5.60. The van der Waals surface area contributed by atoms with Crippen molar-refractivity contribution in [2.75, 3.05) is 0 Å². The Morgan fingerprint density at radius 1 is 1.33 bits per heavy atom. The molecule has 0 aliphatic carbocycles. The van der Waals surface area contributed by atoms with Crippen LogP contribution in [0.1, 0.15) is 52.9 Å². The van der Waals surface area contributed by atoms with Crippen molar-refractivity contribution in [3.8, 4) is 0 Å². The lowest BCUT2D eigenvalue weighted by atomic mass is 9.77. The Labute approximate surface area is 91.9 Å². The second kappa shape index (κ2) is 6.59. The Hall–Kier alpha value is -0.860. The van der Waals surface area contributed by atoms with Gasteiger partial charge < -0.3 is 9.90 Å². The average molecular weight is 214 g/mol. The van der Waals surface area contributed by atoms with Crippen molar-refractivity contribution >= 4 is 12.3 Å². The summed E-state index contributed by atoms with van der Waals surface area (Å²) in [7, 11) is 0. The molecule has 0 rings (SSSR count). The highest BCUT2D eigenvalue weighted by atomic mass is 16.4. The summed E-state index contributed by atoms with van der Waals surface area (Å²) in [5, 5.41) is 9.01. The lowest BCUT2D eigenvalue weighted by Gasteiger charge is -2.27. The normalized spacial score (nSPS) is 13.5. The molecule has 3 heteroatoms. The van der Waals surface area contributed by atoms with Gasteiger partial charge in [-0.3, -0.25) is 4.79 Å². The van der Waals surface area contributed by atoms with E-state index in [2.05, 4.69) is 0 Å². The lowest BCUT2D eigenvalue weighted by molar-refractivity contribution is -0.149. The van der Waals surface area contributed by atoms with E-state index in [1.54, 1.807) is 13.8 Å². The summed E-state index contributed by atoms with van der Waals surface area (Å²) in [4.78, 5) is 21.0. The number of carboxylic acid groups (broad SMARTS) is 1. The summed E-state index contributed by atoms with van der Waals surface area (Å²) >= 11 is 0. The first kappa shape index (κ1) is 14.1. The first-order chi connectivity index (χ1) is 6.92. The number of carbonyl (C=O) groups is 2. The van der Waals surface area contributed by atoms with Crippen LogP contribution in [0.5, 0.6) is 0 Å². The second-order valence-corrected chi connectivity index (χ2v) is 4.73. The average Bonchev–Trinajstić information content (AvgIpc) is 2.16. The van der Waals surface area contributed by atoms with E-state index in [4.69, 9.17) is 5.11 Å². The molecule has 1 atom stereocenters. The number of hydrogen-bond donors (Lipinski definition) is 1. The Kier molecular flexibility index (Phi) is 6.21. The van der Waals surface area contributed by atoms with Crippen LogP contribution >= 0.6 is 0 Å². The van der Waals surface area contributed by atoms with Crippen LogP contribution < -0.4 is 0 Å². The van der Waals surface area contributed by atoms with Crippen molar-refractivity contribution in [3.63, 3.8) is 0 Å². The molecule has 15 heavy (non-hydrogen) atoms. The molecule has 1 N–H and O–H groups in total. The van der Waals surface area contributed by atoms with Crippen LogP contribution in [0.2, 0.25) is 0 Å². The third kappa shape index (κ3) is 4.96. The van der Waals surface area contributed by atoms with Gasteiger partial charge in [-0.25, -0.2) is 0 Å². The maximum Gasteiger partial charge on any atom is 0.309 e. The fourth-order valence-corrected chi connectivity index (χ4v) is 1.43. The number of rotatable bonds is 8. The lowest BCUT2D eigenvalue weighted by Crippen LogP contribution is -2.31. The predicted octanol–water partition coefficient (Wildman–Crippen LogP) is 2.88. The molecule has 3 nitrogen and oxygen atoms in total. The largest absolute Gasteiger partial charge is 0.481 e. The number of aliphatic carboxylic acids is 1. The van der Waals surface area contributed by atoms with Gasteiger partial charge in [0, 0.05) is 6.42 Å². The highest BCUT2D eigenvalue weighted by molar-refractivity contribution is 5.73. The minimum Gasteiger partial charge on any atom is -0.481 e. The maximum absolute atomic E-state index is 11.0. The van der Waals surface area contributed by atoms with Crippen LogP contribution in [-0.4, -0.2) is 17.4 Å². The summed E-state index contributed by atoms with van der Waals surface area (Å²) in [6.07, 6.45) is 5.41. The molecule has 0 radical (unpaired) electrons. The van der Waals surface area contributed by atoms with Gasteiger partial charge in [-0.05, 0) is 32.6 Å². The fourth-order valence-electron chi connectivity index (χ4n) is 1.43. The third-order valence-corrected chi connectivity index (χ3v) is 3.24. The van der Waals surface area contributed by atoms with E-state index in [1.807, 2.05) is 6.92 Å². The van der Waals surface area contributed by atoms with E-state index in [-0.39, 0.29) is 5.92 Å². The molecule has 0 aromatic carbocycles. The molecule has 1 unspecified atom stereocenters. The molecule has 0 amide bonds. The molecular formula is C12H22O3. The smallest absolute Gasteiger partial charge is 0.309 e. The monoisotopic (exact) mass is 214 g/mol. The number of carbonyl (C=O) groups excluding carboxylic acids is 1. The molecule has 0 fully saturated rings. The zero-order valence-electron chi connectivity index (χ0n) is 9.95. The Morgan fingerprint density at radius 3 is 2.40 bits per heavy atom. The van der Waals surface area contributed by atoms with Gasteiger partial charge in [-0.2, -0.15) is 0 Å². The van der Waals surface area contributed by atoms with Gasteiger partial charge in [-0.15, -0.1) is 0 Å². The minimum absolute atomic E-state index is 0.172. The third-order valence-electron chi connectivity index (χ3n) is 3.24. The summed E-state index contributed by atoms with van der Waals surface area (Å²) in [5.41, 5.74) is -0.648. The van der Waals surface area contributed by atoms with Gasteiger partial charge in [0.25, 0.3) is 0 Å².